The topological polar surface area (TPSA) is 51.3 Å². The first-order chi connectivity index (χ1) is 11.6. The van der Waals surface area contributed by atoms with Gasteiger partial charge in [0.05, 0.1) is 0 Å². The fraction of sp³-hybridized carbons (Fsp3) is 0.474. The summed E-state index contributed by atoms with van der Waals surface area (Å²) < 4.78 is 7.23. The van der Waals surface area contributed by atoms with Crippen molar-refractivity contribution in [1.82, 2.24) is 14.6 Å². The van der Waals surface area contributed by atoms with E-state index in [0.29, 0.717) is 0 Å². The third-order valence-electron chi connectivity index (χ3n) is 4.64. The maximum atomic E-state index is 12.4. The first-order valence-corrected chi connectivity index (χ1v) is 8.66. The van der Waals surface area contributed by atoms with Gasteiger partial charge in [0.25, 0.3) is 0 Å². The summed E-state index contributed by atoms with van der Waals surface area (Å²) in [4.78, 5) is 14.4. The minimum absolute atomic E-state index is 0.110. The second-order valence-corrected chi connectivity index (χ2v) is 6.53. The molecular weight excluding hydrogens is 302 g/mol. The lowest BCUT2D eigenvalue weighted by atomic mass is 10.2. The third-order valence-corrected chi connectivity index (χ3v) is 4.64. The van der Waals surface area contributed by atoms with Crippen molar-refractivity contribution in [2.45, 2.75) is 46.5 Å². The van der Waals surface area contributed by atoms with Gasteiger partial charge in [-0.2, -0.15) is 0 Å². The summed E-state index contributed by atoms with van der Waals surface area (Å²) in [5.41, 5.74) is 3.17. The maximum absolute atomic E-state index is 12.4. The van der Waals surface area contributed by atoms with E-state index in [2.05, 4.69) is 11.2 Å². The molecule has 1 amide bonds. The summed E-state index contributed by atoms with van der Waals surface area (Å²) in [6.45, 7) is 7.70. The monoisotopic (exact) mass is 327 g/mol. The van der Waals surface area contributed by atoms with Crippen LogP contribution in [0.1, 0.15) is 48.4 Å². The molecule has 128 valence electrons. The Morgan fingerprint density at radius 3 is 2.46 bits per heavy atom. The van der Waals surface area contributed by atoms with Crippen molar-refractivity contribution in [1.29, 1.82) is 0 Å². The minimum Gasteiger partial charge on any atom is -0.360 e. The molecular formula is C19H25N3O2. The molecule has 2 aromatic heterocycles. The van der Waals surface area contributed by atoms with Crippen LogP contribution >= 0.6 is 0 Å². The second-order valence-electron chi connectivity index (χ2n) is 6.53. The smallest absolute Gasteiger partial charge is 0.246 e. The van der Waals surface area contributed by atoms with Gasteiger partial charge in [-0.3, -0.25) is 9.36 Å². The number of hydrogen-bond acceptors (Lipinski definition) is 3. The molecule has 0 N–H and O–H groups in total. The number of rotatable bonds is 3. The number of likely N-dealkylation sites (tertiary alicyclic amines) is 1. The summed E-state index contributed by atoms with van der Waals surface area (Å²) in [6, 6.07) is 3.99. The maximum Gasteiger partial charge on any atom is 0.246 e. The Kier molecular flexibility index (Phi) is 4.88. The van der Waals surface area contributed by atoms with Crippen molar-refractivity contribution in [2.24, 2.45) is 0 Å². The second kappa shape index (κ2) is 7.07. The van der Waals surface area contributed by atoms with Crippen LogP contribution in [0.4, 0.5) is 0 Å². The van der Waals surface area contributed by atoms with E-state index in [1.54, 1.807) is 6.08 Å². The Morgan fingerprint density at radius 1 is 1.12 bits per heavy atom. The zero-order valence-corrected chi connectivity index (χ0v) is 14.7. The summed E-state index contributed by atoms with van der Waals surface area (Å²) >= 11 is 0. The highest BCUT2D eigenvalue weighted by atomic mass is 16.5. The molecule has 1 aliphatic rings. The molecule has 0 aliphatic carbocycles. The van der Waals surface area contributed by atoms with E-state index < -0.39 is 0 Å². The van der Waals surface area contributed by atoms with Gasteiger partial charge < -0.3 is 9.42 Å². The van der Waals surface area contributed by atoms with Crippen LogP contribution in [0.2, 0.25) is 0 Å². The van der Waals surface area contributed by atoms with Crippen molar-refractivity contribution in [3.8, 4) is 5.82 Å². The van der Waals surface area contributed by atoms with Gasteiger partial charge >= 0.3 is 0 Å². The minimum atomic E-state index is 0.110. The highest BCUT2D eigenvalue weighted by Gasteiger charge is 2.15. The molecule has 5 heteroatoms. The van der Waals surface area contributed by atoms with Crippen LogP contribution in [-0.4, -0.2) is 33.6 Å². The van der Waals surface area contributed by atoms with E-state index in [-0.39, 0.29) is 5.91 Å². The molecule has 1 aliphatic heterocycles. The van der Waals surface area contributed by atoms with Crippen LogP contribution in [0.5, 0.6) is 0 Å². The molecule has 1 fully saturated rings. The molecule has 5 nitrogen and oxygen atoms in total. The fourth-order valence-electron chi connectivity index (χ4n) is 3.33. The predicted octanol–water partition coefficient (Wildman–Crippen LogP) is 3.81. The number of aryl methyl sites for hydroxylation is 2. The van der Waals surface area contributed by atoms with Crippen molar-refractivity contribution >= 4 is 12.0 Å². The van der Waals surface area contributed by atoms with Crippen molar-refractivity contribution in [2.75, 3.05) is 13.1 Å². The van der Waals surface area contributed by atoms with Gasteiger partial charge in [0.2, 0.25) is 5.91 Å². The Balaban J connectivity index is 1.79. The highest BCUT2D eigenvalue weighted by Crippen LogP contribution is 2.22. The molecule has 24 heavy (non-hydrogen) atoms. The third kappa shape index (κ3) is 3.45. The Labute approximate surface area is 142 Å². The molecule has 0 saturated carbocycles. The molecule has 0 aromatic carbocycles. The van der Waals surface area contributed by atoms with Crippen LogP contribution in [0.15, 0.2) is 22.7 Å². The predicted molar refractivity (Wildman–Crippen MR) is 94.1 cm³/mol. The Hall–Kier alpha value is -2.30. The number of carbonyl (C=O) groups excluding carboxylic acids is 1. The number of aromatic nitrogens is 2. The number of amides is 1. The molecule has 0 atom stereocenters. The van der Waals surface area contributed by atoms with Gasteiger partial charge in [-0.25, -0.2) is 0 Å². The van der Waals surface area contributed by atoms with Crippen LogP contribution < -0.4 is 0 Å². The van der Waals surface area contributed by atoms with Gasteiger partial charge in [0.1, 0.15) is 5.76 Å². The lowest BCUT2D eigenvalue weighted by Crippen LogP contribution is -2.30. The summed E-state index contributed by atoms with van der Waals surface area (Å²) in [6.07, 6.45) is 8.29. The van der Waals surface area contributed by atoms with Crippen LogP contribution in [0, 0.1) is 20.8 Å². The van der Waals surface area contributed by atoms with Crippen LogP contribution in [0.3, 0.4) is 0 Å². The lowest BCUT2D eigenvalue weighted by molar-refractivity contribution is -0.125. The van der Waals surface area contributed by atoms with Crippen molar-refractivity contribution in [3.63, 3.8) is 0 Å². The van der Waals surface area contributed by atoms with Gasteiger partial charge in [-0.1, -0.05) is 18.0 Å². The molecule has 3 heterocycles. The lowest BCUT2D eigenvalue weighted by Gasteiger charge is -2.17. The van der Waals surface area contributed by atoms with Crippen LogP contribution in [0.25, 0.3) is 11.9 Å². The molecule has 0 radical (unpaired) electrons. The first kappa shape index (κ1) is 16.6. The Bertz CT molecular complexity index is 747. The number of carbonyl (C=O) groups is 1. The molecule has 0 unspecified atom stereocenters. The summed E-state index contributed by atoms with van der Waals surface area (Å²) in [7, 11) is 0. The van der Waals surface area contributed by atoms with E-state index in [0.717, 1.165) is 54.5 Å². The molecule has 3 rings (SSSR count). The van der Waals surface area contributed by atoms with Crippen molar-refractivity contribution in [3.05, 3.63) is 40.9 Å². The van der Waals surface area contributed by atoms with E-state index in [9.17, 15) is 4.79 Å². The normalized spacial score (nSPS) is 15.9. The molecule has 1 saturated heterocycles. The van der Waals surface area contributed by atoms with Gasteiger partial charge in [-0.05, 0) is 51.3 Å². The largest absolute Gasteiger partial charge is 0.360 e. The van der Waals surface area contributed by atoms with E-state index >= 15 is 0 Å². The standard InChI is InChI=1S/C19H25N3O2/c1-14-12-17(16(3)22(14)18-13-15(2)24-20-18)8-9-19(23)21-10-6-4-5-7-11-21/h8-9,12-13H,4-7,10-11H2,1-3H3/b9-8+. The molecule has 0 bridgehead atoms. The zero-order chi connectivity index (χ0) is 17.1. The zero-order valence-electron chi connectivity index (χ0n) is 14.7. The quantitative estimate of drug-likeness (QED) is 0.806. The average molecular weight is 327 g/mol. The Morgan fingerprint density at radius 2 is 1.83 bits per heavy atom. The molecule has 0 spiro atoms. The van der Waals surface area contributed by atoms with E-state index in [1.165, 1.54) is 12.8 Å². The summed E-state index contributed by atoms with van der Waals surface area (Å²) in [5, 5.41) is 4.09. The summed E-state index contributed by atoms with van der Waals surface area (Å²) in [5.74, 6) is 1.67. The van der Waals surface area contributed by atoms with Gasteiger partial charge in [-0.15, -0.1) is 0 Å². The van der Waals surface area contributed by atoms with Gasteiger partial charge in [0.15, 0.2) is 5.82 Å². The molecule has 2 aromatic rings. The first-order valence-electron chi connectivity index (χ1n) is 8.66. The van der Waals surface area contributed by atoms with Crippen molar-refractivity contribution < 1.29 is 9.32 Å². The average Bonchev–Trinajstić information content (AvgIpc) is 2.96. The SMILES string of the molecule is Cc1cc(-n2c(C)cc(/C=C/C(=O)N3CCCCCC3)c2C)no1. The van der Waals surface area contributed by atoms with Gasteiger partial charge in [0, 0.05) is 36.6 Å². The fourth-order valence-corrected chi connectivity index (χ4v) is 3.33. The number of hydrogen-bond donors (Lipinski definition) is 0. The van der Waals surface area contributed by atoms with E-state index in [1.807, 2.05) is 42.4 Å². The highest BCUT2D eigenvalue weighted by molar-refractivity contribution is 5.92. The van der Waals surface area contributed by atoms with E-state index in [4.69, 9.17) is 4.52 Å². The van der Waals surface area contributed by atoms with Crippen LogP contribution in [-0.2, 0) is 4.79 Å². The number of nitrogens with zero attached hydrogens (tertiary/aromatic N) is 3.